The summed E-state index contributed by atoms with van der Waals surface area (Å²) in [5, 5.41) is 0. The van der Waals surface area contributed by atoms with Gasteiger partial charge in [-0.15, -0.1) is 0 Å². The van der Waals surface area contributed by atoms with E-state index in [2.05, 4.69) is 13.8 Å². The molecule has 2 aliphatic carbocycles. The molecule has 0 aromatic rings. The Morgan fingerprint density at radius 3 is 2.23 bits per heavy atom. The molecule has 2 saturated carbocycles. The van der Waals surface area contributed by atoms with Gasteiger partial charge >= 0.3 is 11.9 Å². The second-order valence-corrected chi connectivity index (χ2v) is 11.0. The van der Waals surface area contributed by atoms with E-state index in [9.17, 15) is 9.59 Å². The topological polar surface area (TPSA) is 86.9 Å². The van der Waals surface area contributed by atoms with Gasteiger partial charge in [0, 0.05) is 6.61 Å². The first-order chi connectivity index (χ1) is 14.8. The van der Waals surface area contributed by atoms with E-state index in [0.717, 1.165) is 32.1 Å². The summed E-state index contributed by atoms with van der Waals surface area (Å²) in [4.78, 5) is 26.0. The Morgan fingerprint density at radius 2 is 1.52 bits per heavy atom. The Morgan fingerprint density at radius 1 is 0.871 bits per heavy atom. The standard InChI is InChI=1S/C24H36O7/c1-14-8-16(5-7-27-14)13-29-22(26)18-11-24(3)20(31-24)10-17(18)21(25)28-12-15-4-6-23(2)19(9-15)30-23/h14-20H,4-13H2,1-3H3. The minimum atomic E-state index is -0.491. The van der Waals surface area contributed by atoms with Gasteiger partial charge in [0.25, 0.3) is 0 Å². The van der Waals surface area contributed by atoms with Gasteiger partial charge in [0.2, 0.25) is 0 Å². The fourth-order valence-corrected chi connectivity index (χ4v) is 5.98. The zero-order chi connectivity index (χ0) is 21.8. The summed E-state index contributed by atoms with van der Waals surface area (Å²) in [6, 6.07) is 0. The van der Waals surface area contributed by atoms with Crippen molar-refractivity contribution in [3.05, 3.63) is 0 Å². The van der Waals surface area contributed by atoms with Crippen LogP contribution in [-0.4, -0.2) is 61.3 Å². The average molecular weight is 437 g/mol. The van der Waals surface area contributed by atoms with Gasteiger partial charge in [-0.3, -0.25) is 9.59 Å². The molecule has 5 fully saturated rings. The van der Waals surface area contributed by atoms with Crippen LogP contribution in [0.5, 0.6) is 0 Å². The van der Waals surface area contributed by atoms with Crippen LogP contribution in [0.2, 0.25) is 0 Å². The third-order valence-electron chi connectivity index (χ3n) is 8.37. The van der Waals surface area contributed by atoms with Crippen molar-refractivity contribution in [2.24, 2.45) is 23.7 Å². The smallest absolute Gasteiger partial charge is 0.309 e. The lowest BCUT2D eigenvalue weighted by atomic mass is 9.74. The zero-order valence-electron chi connectivity index (χ0n) is 19.0. The van der Waals surface area contributed by atoms with E-state index < -0.39 is 11.8 Å². The number of carbonyl (C=O) groups is 2. The molecule has 7 nitrogen and oxygen atoms in total. The van der Waals surface area contributed by atoms with Gasteiger partial charge in [0.15, 0.2) is 0 Å². The second-order valence-electron chi connectivity index (χ2n) is 11.0. The van der Waals surface area contributed by atoms with Gasteiger partial charge < -0.3 is 23.7 Å². The molecule has 3 aliphatic heterocycles. The van der Waals surface area contributed by atoms with Crippen molar-refractivity contribution in [1.29, 1.82) is 0 Å². The van der Waals surface area contributed by atoms with Crippen LogP contribution < -0.4 is 0 Å². The SMILES string of the molecule is CC1CC(COC(=O)C2CC3(C)OC3CC2C(=O)OCC2CCC3(C)OC3C2)CCO1. The third-order valence-corrected chi connectivity index (χ3v) is 8.37. The Bertz CT molecular complexity index is 725. The van der Waals surface area contributed by atoms with Crippen LogP contribution in [0.15, 0.2) is 0 Å². The fourth-order valence-electron chi connectivity index (χ4n) is 5.98. The average Bonchev–Trinajstić information content (AvgIpc) is 3.61. The van der Waals surface area contributed by atoms with Crippen LogP contribution in [0.1, 0.15) is 65.7 Å². The van der Waals surface area contributed by atoms with E-state index in [0.29, 0.717) is 50.6 Å². The molecule has 174 valence electrons. The van der Waals surface area contributed by atoms with Crippen LogP contribution in [0.25, 0.3) is 0 Å². The summed E-state index contributed by atoms with van der Waals surface area (Å²) in [7, 11) is 0. The summed E-state index contributed by atoms with van der Waals surface area (Å²) in [5.74, 6) is -0.858. The van der Waals surface area contributed by atoms with E-state index in [-0.39, 0.29) is 35.3 Å². The minimum Gasteiger partial charge on any atom is -0.465 e. The molecule has 0 amide bonds. The van der Waals surface area contributed by atoms with Crippen molar-refractivity contribution in [3.8, 4) is 0 Å². The van der Waals surface area contributed by atoms with Crippen molar-refractivity contribution >= 4 is 11.9 Å². The normalized spacial score (nSPS) is 48.2. The van der Waals surface area contributed by atoms with Crippen molar-refractivity contribution in [2.75, 3.05) is 19.8 Å². The first-order valence-corrected chi connectivity index (χ1v) is 12.1. The first-order valence-electron chi connectivity index (χ1n) is 12.1. The molecule has 0 N–H and O–H groups in total. The summed E-state index contributed by atoms with van der Waals surface area (Å²) in [6.07, 6.45) is 6.42. The predicted molar refractivity (Wildman–Crippen MR) is 110 cm³/mol. The predicted octanol–water partition coefficient (Wildman–Crippen LogP) is 3.03. The summed E-state index contributed by atoms with van der Waals surface area (Å²) in [5.41, 5.74) is -0.237. The number of hydrogen-bond acceptors (Lipinski definition) is 7. The molecule has 7 heteroatoms. The highest BCUT2D eigenvalue weighted by molar-refractivity contribution is 5.83. The van der Waals surface area contributed by atoms with Gasteiger partial charge in [-0.05, 0) is 77.6 Å². The lowest BCUT2D eigenvalue weighted by Crippen LogP contribution is -2.41. The molecule has 5 aliphatic rings. The van der Waals surface area contributed by atoms with Crippen molar-refractivity contribution < 1.29 is 33.3 Å². The molecule has 3 heterocycles. The van der Waals surface area contributed by atoms with Crippen molar-refractivity contribution in [1.82, 2.24) is 0 Å². The van der Waals surface area contributed by atoms with E-state index in [1.54, 1.807) is 0 Å². The molecule has 0 radical (unpaired) electrons. The maximum atomic E-state index is 13.0. The maximum absolute atomic E-state index is 13.0. The molecule has 31 heavy (non-hydrogen) atoms. The molecule has 5 rings (SSSR count). The fraction of sp³-hybridized carbons (Fsp3) is 0.917. The minimum absolute atomic E-state index is 0.0423. The number of hydrogen-bond donors (Lipinski definition) is 0. The molecule has 9 unspecified atom stereocenters. The number of carbonyl (C=O) groups excluding carboxylic acids is 2. The van der Waals surface area contributed by atoms with E-state index in [4.69, 9.17) is 23.7 Å². The number of ether oxygens (including phenoxy) is 5. The van der Waals surface area contributed by atoms with Gasteiger partial charge in [0.1, 0.15) is 0 Å². The molecular formula is C24H36O7. The molecule has 0 aromatic carbocycles. The number of esters is 2. The summed E-state index contributed by atoms with van der Waals surface area (Å²) < 4.78 is 28.6. The lowest BCUT2D eigenvalue weighted by molar-refractivity contribution is -0.165. The van der Waals surface area contributed by atoms with Gasteiger partial charge in [0.05, 0.1) is 54.6 Å². The number of fused-ring (bicyclic) bond motifs is 2. The zero-order valence-corrected chi connectivity index (χ0v) is 19.0. The van der Waals surface area contributed by atoms with Crippen LogP contribution >= 0.6 is 0 Å². The third kappa shape index (κ3) is 4.51. The molecule has 0 spiro atoms. The van der Waals surface area contributed by atoms with Gasteiger partial charge in [-0.2, -0.15) is 0 Å². The maximum Gasteiger partial charge on any atom is 0.309 e. The van der Waals surface area contributed by atoms with Crippen LogP contribution in [0.3, 0.4) is 0 Å². The molecule has 3 saturated heterocycles. The molecule has 0 aromatic heterocycles. The largest absolute Gasteiger partial charge is 0.465 e. The number of epoxide rings is 2. The Hall–Kier alpha value is -1.18. The highest BCUT2D eigenvalue weighted by Crippen LogP contribution is 2.52. The van der Waals surface area contributed by atoms with Crippen molar-refractivity contribution in [2.45, 2.75) is 95.2 Å². The Labute approximate surface area is 184 Å². The number of rotatable bonds is 6. The van der Waals surface area contributed by atoms with E-state index in [1.807, 2.05) is 6.92 Å². The summed E-state index contributed by atoms with van der Waals surface area (Å²) >= 11 is 0. The highest BCUT2D eigenvalue weighted by atomic mass is 16.6. The van der Waals surface area contributed by atoms with E-state index in [1.165, 1.54) is 0 Å². The Kier molecular flexibility index (Phi) is 5.58. The Balaban J connectivity index is 1.15. The second kappa shape index (κ2) is 7.99. The van der Waals surface area contributed by atoms with Crippen LogP contribution in [-0.2, 0) is 33.3 Å². The summed E-state index contributed by atoms with van der Waals surface area (Å²) in [6.45, 7) is 7.75. The quantitative estimate of drug-likeness (QED) is 0.467. The highest BCUT2D eigenvalue weighted by Gasteiger charge is 2.62. The first kappa shape index (κ1) is 21.7. The molecule has 0 bridgehead atoms. The van der Waals surface area contributed by atoms with Crippen LogP contribution in [0.4, 0.5) is 0 Å². The van der Waals surface area contributed by atoms with Crippen LogP contribution in [0, 0.1) is 23.7 Å². The molecule has 9 atom stereocenters. The van der Waals surface area contributed by atoms with Gasteiger partial charge in [-0.25, -0.2) is 0 Å². The van der Waals surface area contributed by atoms with E-state index >= 15 is 0 Å². The monoisotopic (exact) mass is 436 g/mol. The lowest BCUT2D eigenvalue weighted by Gasteiger charge is -2.31. The van der Waals surface area contributed by atoms with Gasteiger partial charge in [-0.1, -0.05) is 0 Å². The van der Waals surface area contributed by atoms with Crippen molar-refractivity contribution in [3.63, 3.8) is 0 Å². The molecular weight excluding hydrogens is 400 g/mol.